The molecule has 0 saturated heterocycles. The SMILES string of the molecule is C=CCCC[C@H](Cc1ccccc1)C(=O)OC[C@H](COCc1ccccc1)NC(=O)[C@@H](CC=C)CC(=O)NCCOCCO. The van der Waals surface area contributed by atoms with Crippen molar-refractivity contribution >= 4 is 17.8 Å². The highest BCUT2D eigenvalue weighted by atomic mass is 16.5. The molecule has 2 rings (SSSR count). The van der Waals surface area contributed by atoms with E-state index in [1.165, 1.54) is 0 Å². The predicted molar refractivity (Wildman–Crippen MR) is 171 cm³/mol. The average molecular weight is 609 g/mol. The van der Waals surface area contributed by atoms with Crippen LogP contribution < -0.4 is 10.6 Å². The van der Waals surface area contributed by atoms with Gasteiger partial charge < -0.3 is 30.0 Å². The zero-order valence-corrected chi connectivity index (χ0v) is 25.7. The number of benzene rings is 2. The highest BCUT2D eigenvalue weighted by Gasteiger charge is 2.26. The molecule has 0 radical (unpaired) electrons. The molecule has 0 spiro atoms. The smallest absolute Gasteiger partial charge is 0.309 e. The summed E-state index contributed by atoms with van der Waals surface area (Å²) in [6, 6.07) is 18.8. The Balaban J connectivity index is 2.04. The number of aliphatic hydroxyl groups is 1. The van der Waals surface area contributed by atoms with E-state index >= 15 is 0 Å². The van der Waals surface area contributed by atoms with Crippen LogP contribution in [0.2, 0.25) is 0 Å². The van der Waals surface area contributed by atoms with Gasteiger partial charge >= 0.3 is 5.97 Å². The molecule has 3 N–H and O–H groups in total. The largest absolute Gasteiger partial charge is 0.463 e. The molecule has 0 aliphatic rings. The quantitative estimate of drug-likeness (QED) is 0.0930. The van der Waals surface area contributed by atoms with Crippen LogP contribution in [0, 0.1) is 11.8 Å². The molecule has 3 atom stereocenters. The van der Waals surface area contributed by atoms with Crippen molar-refractivity contribution in [3.05, 3.63) is 97.1 Å². The molecular weight excluding hydrogens is 560 g/mol. The van der Waals surface area contributed by atoms with Crippen LogP contribution in [-0.2, 0) is 41.6 Å². The van der Waals surface area contributed by atoms with E-state index in [9.17, 15) is 14.4 Å². The van der Waals surface area contributed by atoms with Gasteiger partial charge in [-0.1, -0.05) is 72.8 Å². The van der Waals surface area contributed by atoms with Gasteiger partial charge in [-0.05, 0) is 43.2 Å². The van der Waals surface area contributed by atoms with E-state index in [1.807, 2.05) is 66.7 Å². The summed E-state index contributed by atoms with van der Waals surface area (Å²) in [4.78, 5) is 39.1. The maximum Gasteiger partial charge on any atom is 0.309 e. The van der Waals surface area contributed by atoms with Gasteiger partial charge in [0.25, 0.3) is 0 Å². The van der Waals surface area contributed by atoms with Gasteiger partial charge in [-0.15, -0.1) is 13.2 Å². The van der Waals surface area contributed by atoms with E-state index in [2.05, 4.69) is 23.8 Å². The van der Waals surface area contributed by atoms with Crippen LogP contribution in [0.3, 0.4) is 0 Å². The second kappa shape index (κ2) is 22.7. The summed E-state index contributed by atoms with van der Waals surface area (Å²) in [7, 11) is 0. The molecule has 44 heavy (non-hydrogen) atoms. The second-order valence-corrected chi connectivity index (χ2v) is 10.6. The first-order valence-electron chi connectivity index (χ1n) is 15.3. The Kier molecular flexibility index (Phi) is 18.8. The third kappa shape index (κ3) is 15.6. The molecule has 0 aliphatic heterocycles. The van der Waals surface area contributed by atoms with Crippen molar-refractivity contribution < 1.29 is 33.7 Å². The lowest BCUT2D eigenvalue weighted by molar-refractivity contribution is -0.150. The molecule has 2 aromatic rings. The molecule has 0 fully saturated rings. The van der Waals surface area contributed by atoms with Crippen molar-refractivity contribution in [1.29, 1.82) is 0 Å². The van der Waals surface area contributed by atoms with Crippen molar-refractivity contribution in [2.24, 2.45) is 11.8 Å². The van der Waals surface area contributed by atoms with Gasteiger partial charge in [-0.2, -0.15) is 0 Å². The molecule has 0 unspecified atom stereocenters. The molecule has 0 aromatic heterocycles. The van der Waals surface area contributed by atoms with Crippen LogP contribution in [0.1, 0.15) is 43.2 Å². The van der Waals surface area contributed by atoms with Crippen LogP contribution in [0.4, 0.5) is 0 Å². The summed E-state index contributed by atoms with van der Waals surface area (Å²) < 4.78 is 16.9. The van der Waals surface area contributed by atoms with E-state index in [-0.39, 0.29) is 69.7 Å². The second-order valence-electron chi connectivity index (χ2n) is 10.6. The normalized spacial score (nSPS) is 12.8. The first-order chi connectivity index (χ1) is 21.5. The van der Waals surface area contributed by atoms with Crippen molar-refractivity contribution in [3.8, 4) is 0 Å². The molecule has 2 aromatic carbocycles. The minimum absolute atomic E-state index is 0.0440. The van der Waals surface area contributed by atoms with Crippen LogP contribution >= 0.6 is 0 Å². The van der Waals surface area contributed by atoms with E-state index in [4.69, 9.17) is 19.3 Å². The maximum atomic E-state index is 13.3. The van der Waals surface area contributed by atoms with Gasteiger partial charge in [0.15, 0.2) is 0 Å². The minimum Gasteiger partial charge on any atom is -0.463 e. The summed E-state index contributed by atoms with van der Waals surface area (Å²) in [5, 5.41) is 14.5. The van der Waals surface area contributed by atoms with Crippen molar-refractivity contribution in [3.63, 3.8) is 0 Å². The summed E-state index contributed by atoms with van der Waals surface area (Å²) in [5.41, 5.74) is 2.03. The molecule has 9 heteroatoms. The number of hydrogen-bond acceptors (Lipinski definition) is 7. The first-order valence-corrected chi connectivity index (χ1v) is 15.3. The van der Waals surface area contributed by atoms with E-state index < -0.39 is 12.0 Å². The van der Waals surface area contributed by atoms with Gasteiger partial charge in [0.1, 0.15) is 6.61 Å². The number of allylic oxidation sites excluding steroid dienone is 2. The van der Waals surface area contributed by atoms with Crippen molar-refractivity contribution in [2.45, 2.75) is 51.2 Å². The zero-order chi connectivity index (χ0) is 31.8. The van der Waals surface area contributed by atoms with Crippen molar-refractivity contribution in [2.75, 3.05) is 39.6 Å². The number of hydrogen-bond donors (Lipinski definition) is 3. The Labute approximate surface area is 261 Å². The molecule has 2 amide bonds. The fraction of sp³-hybridized carbons (Fsp3) is 0.457. The third-order valence-electron chi connectivity index (χ3n) is 6.88. The fourth-order valence-electron chi connectivity index (χ4n) is 4.56. The van der Waals surface area contributed by atoms with E-state index in [0.29, 0.717) is 25.9 Å². The Morgan fingerprint density at radius 1 is 0.864 bits per heavy atom. The van der Waals surface area contributed by atoms with E-state index in [0.717, 1.165) is 24.0 Å². The standard InChI is InChI=1S/C35H48N2O7/c1-3-5-8-18-31(23-28-14-9-6-10-15-28)35(41)44-27-32(26-43-25-29-16-11-7-12-17-29)37-34(40)30(13-4-2)24-33(39)36-19-21-42-22-20-38/h3-4,6-7,9-12,14-17,30-32,38H,1-2,5,8,13,18-27H2,(H,36,39)(H,37,40)/t30-,31+,32-/m0/s1. The van der Waals surface area contributed by atoms with E-state index in [1.54, 1.807) is 6.08 Å². The lowest BCUT2D eigenvalue weighted by Crippen LogP contribution is -2.46. The number of esters is 1. The lowest BCUT2D eigenvalue weighted by atomic mass is 9.94. The van der Waals surface area contributed by atoms with Crippen LogP contribution in [0.5, 0.6) is 0 Å². The zero-order valence-electron chi connectivity index (χ0n) is 25.7. The van der Waals surface area contributed by atoms with Gasteiger partial charge in [0, 0.05) is 13.0 Å². The lowest BCUT2D eigenvalue weighted by Gasteiger charge is -2.23. The van der Waals surface area contributed by atoms with Crippen LogP contribution in [0.25, 0.3) is 0 Å². The molecule has 9 nitrogen and oxygen atoms in total. The predicted octanol–water partition coefficient (Wildman–Crippen LogP) is 4.15. The highest BCUT2D eigenvalue weighted by Crippen LogP contribution is 2.18. The van der Waals surface area contributed by atoms with Crippen molar-refractivity contribution in [1.82, 2.24) is 10.6 Å². The number of nitrogens with one attached hydrogen (secondary N) is 2. The Bertz CT molecular complexity index is 1110. The number of unbranched alkanes of at least 4 members (excludes halogenated alkanes) is 1. The van der Waals surface area contributed by atoms with Gasteiger partial charge in [-0.3, -0.25) is 14.4 Å². The van der Waals surface area contributed by atoms with Crippen LogP contribution in [-0.4, -0.2) is 68.5 Å². The Morgan fingerprint density at radius 3 is 2.23 bits per heavy atom. The number of amides is 2. The molecule has 0 aliphatic carbocycles. The van der Waals surface area contributed by atoms with Crippen LogP contribution in [0.15, 0.2) is 86.0 Å². The Morgan fingerprint density at radius 2 is 1.57 bits per heavy atom. The summed E-state index contributed by atoms with van der Waals surface area (Å²) in [6.45, 7) is 8.52. The highest BCUT2D eigenvalue weighted by molar-refractivity contribution is 5.86. The molecular formula is C35H48N2O7. The number of rotatable bonds is 24. The molecule has 240 valence electrons. The molecule has 0 heterocycles. The number of carbonyl (C=O) groups excluding carboxylic acids is 3. The summed E-state index contributed by atoms with van der Waals surface area (Å²) in [5.74, 6) is -1.98. The summed E-state index contributed by atoms with van der Waals surface area (Å²) in [6.07, 6.45) is 6.51. The average Bonchev–Trinajstić information content (AvgIpc) is 3.03. The number of carbonyl (C=O) groups is 3. The Hall–Kier alpha value is -3.79. The maximum absolute atomic E-state index is 13.3. The van der Waals surface area contributed by atoms with Gasteiger partial charge in [0.2, 0.25) is 11.8 Å². The molecule has 0 bridgehead atoms. The first kappa shape index (κ1) is 36.4. The van der Waals surface area contributed by atoms with Gasteiger partial charge in [-0.25, -0.2) is 0 Å². The number of aliphatic hydroxyl groups excluding tert-OH is 1. The fourth-order valence-corrected chi connectivity index (χ4v) is 4.56. The number of ether oxygens (including phenoxy) is 3. The van der Waals surface area contributed by atoms with Gasteiger partial charge in [0.05, 0.1) is 50.9 Å². The third-order valence-corrected chi connectivity index (χ3v) is 6.88. The summed E-state index contributed by atoms with van der Waals surface area (Å²) >= 11 is 0. The minimum atomic E-state index is -0.664. The monoisotopic (exact) mass is 608 g/mol. The molecule has 0 saturated carbocycles. The topological polar surface area (TPSA) is 123 Å².